The molecule has 0 aliphatic carbocycles. The summed E-state index contributed by atoms with van der Waals surface area (Å²) in [6.45, 7) is -0.878. The van der Waals surface area contributed by atoms with Crippen molar-refractivity contribution in [3.63, 3.8) is 0 Å². The van der Waals surface area contributed by atoms with Crippen molar-refractivity contribution in [3.8, 4) is 17.1 Å². The van der Waals surface area contributed by atoms with Crippen LogP contribution in [0.1, 0.15) is 0 Å². The number of hydrogen-bond donors (Lipinski definition) is 1. The van der Waals surface area contributed by atoms with Crippen molar-refractivity contribution in [2.75, 3.05) is 45.9 Å². The molecule has 10 heteroatoms. The lowest BCUT2D eigenvalue weighted by atomic mass is 10.0. The summed E-state index contributed by atoms with van der Waals surface area (Å²) in [7, 11) is 3.77. The molecule has 0 atom stereocenters. The maximum Gasteiger partial charge on any atom is 0.343 e. The molecule has 0 fully saturated rings. The lowest BCUT2D eigenvalue weighted by molar-refractivity contribution is -0.143. The molecule has 5 rings (SSSR count). The topological polar surface area (TPSA) is 120 Å². The van der Waals surface area contributed by atoms with Crippen LogP contribution in [0.25, 0.3) is 44.0 Å². The monoisotopic (exact) mass is 541 g/mol. The van der Waals surface area contributed by atoms with E-state index in [-0.39, 0.29) is 25.4 Å². The van der Waals surface area contributed by atoms with E-state index in [1.165, 1.54) is 26.2 Å². The van der Waals surface area contributed by atoms with Gasteiger partial charge in [0.25, 0.3) is 0 Å². The number of ether oxygens (including phenoxy) is 4. The number of benzene rings is 4. The molecule has 1 heterocycles. The first kappa shape index (κ1) is 26.5. The molecule has 1 aromatic heterocycles. The number of imidazole rings is 1. The summed E-state index contributed by atoms with van der Waals surface area (Å²) in [5.41, 5.74) is 2.77. The third-order valence-electron chi connectivity index (χ3n) is 6.61. The van der Waals surface area contributed by atoms with E-state index in [2.05, 4.69) is 23.2 Å². The van der Waals surface area contributed by atoms with E-state index in [0.717, 1.165) is 32.6 Å². The van der Waals surface area contributed by atoms with Crippen molar-refractivity contribution in [2.24, 2.45) is 0 Å². The van der Waals surface area contributed by atoms with Crippen LogP contribution in [-0.2, 0) is 28.6 Å². The molecule has 0 aliphatic heterocycles. The van der Waals surface area contributed by atoms with Gasteiger partial charge in [-0.3, -0.25) is 9.59 Å². The fraction of sp³-hybridized carbons (Fsp3) is 0.200. The lowest BCUT2D eigenvalue weighted by Gasteiger charge is -2.25. The van der Waals surface area contributed by atoms with Gasteiger partial charge in [-0.05, 0) is 29.0 Å². The number of rotatable bonds is 9. The molecule has 4 aromatic carbocycles. The van der Waals surface area contributed by atoms with Crippen LogP contribution in [-0.4, -0.2) is 68.9 Å². The normalized spacial score (nSPS) is 11.0. The van der Waals surface area contributed by atoms with Gasteiger partial charge >= 0.3 is 17.9 Å². The Morgan fingerprint density at radius 1 is 0.750 bits per heavy atom. The second-order valence-corrected chi connectivity index (χ2v) is 8.96. The van der Waals surface area contributed by atoms with Gasteiger partial charge in [0.15, 0.2) is 6.61 Å². The van der Waals surface area contributed by atoms with E-state index >= 15 is 0 Å². The Hall–Kier alpha value is -5.12. The molecule has 0 radical (unpaired) electrons. The van der Waals surface area contributed by atoms with E-state index in [1.54, 1.807) is 18.2 Å². The second-order valence-electron chi connectivity index (χ2n) is 8.96. The molecule has 0 saturated carbocycles. The highest BCUT2D eigenvalue weighted by Crippen LogP contribution is 2.37. The molecule has 0 spiro atoms. The average molecular weight is 542 g/mol. The summed E-state index contributed by atoms with van der Waals surface area (Å²) in [5, 5.41) is 4.26. The first-order valence-corrected chi connectivity index (χ1v) is 12.4. The van der Waals surface area contributed by atoms with E-state index in [4.69, 9.17) is 23.9 Å². The van der Waals surface area contributed by atoms with Crippen LogP contribution >= 0.6 is 0 Å². The smallest absolute Gasteiger partial charge is 0.343 e. The molecule has 5 aromatic rings. The second kappa shape index (κ2) is 11.3. The third-order valence-corrected chi connectivity index (χ3v) is 6.61. The summed E-state index contributed by atoms with van der Waals surface area (Å²) in [5.74, 6) is -0.902. The first-order chi connectivity index (χ1) is 19.4. The van der Waals surface area contributed by atoms with Gasteiger partial charge in [-0.15, -0.1) is 0 Å². The van der Waals surface area contributed by atoms with Crippen molar-refractivity contribution in [1.29, 1.82) is 0 Å². The number of nitrogens with zero attached hydrogens (tertiary/aromatic N) is 2. The predicted octanol–water partition coefficient (Wildman–Crippen LogP) is 4.24. The van der Waals surface area contributed by atoms with E-state index < -0.39 is 17.9 Å². The molecule has 40 heavy (non-hydrogen) atoms. The number of nitrogens with one attached hydrogen (secondary N) is 1. The standard InChI is InChI=1S/C30H27N3O7/c1-37-25(34)15-33(16-26(35)38-2)23-13-12-18(14-24(23)40-17-27(36)39-3)30-31-28-21-10-6-4-8-19(21)20-9-5-7-11-22(20)29(28)32-30/h4-14H,15-17H2,1-3H3,(H,31,32). The number of carbonyl (C=O) groups excluding carboxylic acids is 3. The van der Waals surface area contributed by atoms with Crippen LogP contribution in [0, 0.1) is 0 Å². The number of fused-ring (bicyclic) bond motifs is 6. The molecular weight excluding hydrogens is 514 g/mol. The van der Waals surface area contributed by atoms with Gasteiger partial charge in [-0.2, -0.15) is 0 Å². The molecule has 0 saturated heterocycles. The van der Waals surface area contributed by atoms with Gasteiger partial charge in [0, 0.05) is 16.3 Å². The fourth-order valence-electron chi connectivity index (χ4n) is 4.66. The Kier molecular flexibility index (Phi) is 7.50. The lowest BCUT2D eigenvalue weighted by Crippen LogP contribution is -2.36. The maximum absolute atomic E-state index is 12.1. The van der Waals surface area contributed by atoms with Gasteiger partial charge in [0.05, 0.1) is 38.1 Å². The minimum atomic E-state index is -0.592. The van der Waals surface area contributed by atoms with Crippen molar-refractivity contribution in [2.45, 2.75) is 0 Å². The first-order valence-electron chi connectivity index (χ1n) is 12.4. The van der Waals surface area contributed by atoms with Gasteiger partial charge in [-0.25, -0.2) is 9.78 Å². The van der Waals surface area contributed by atoms with E-state index in [9.17, 15) is 14.4 Å². The van der Waals surface area contributed by atoms with E-state index in [0.29, 0.717) is 17.1 Å². The van der Waals surface area contributed by atoms with Gasteiger partial charge in [0.1, 0.15) is 24.7 Å². The van der Waals surface area contributed by atoms with Gasteiger partial charge in [-0.1, -0.05) is 48.5 Å². The number of methoxy groups -OCH3 is 3. The molecular formula is C30H27N3O7. The highest BCUT2D eigenvalue weighted by Gasteiger charge is 2.22. The number of aromatic amines is 1. The SMILES string of the molecule is COC(=O)COc1cc(-c2nc3c4ccccc4c4ccccc4c3[nH]2)ccc1N(CC(=O)OC)CC(=O)OC. The van der Waals surface area contributed by atoms with Crippen molar-refractivity contribution < 1.29 is 33.3 Å². The summed E-state index contributed by atoms with van der Waals surface area (Å²) in [6, 6.07) is 21.4. The number of hydrogen-bond acceptors (Lipinski definition) is 9. The number of H-pyrrole nitrogens is 1. The zero-order valence-corrected chi connectivity index (χ0v) is 22.2. The van der Waals surface area contributed by atoms with Crippen LogP contribution in [0.4, 0.5) is 5.69 Å². The molecule has 10 nitrogen and oxygen atoms in total. The molecule has 0 unspecified atom stereocenters. The van der Waals surface area contributed by atoms with Crippen molar-refractivity contribution >= 4 is 56.2 Å². The van der Waals surface area contributed by atoms with Crippen LogP contribution in [0.15, 0.2) is 66.7 Å². The van der Waals surface area contributed by atoms with Gasteiger partial charge in [0.2, 0.25) is 0 Å². The predicted molar refractivity (Wildman–Crippen MR) is 150 cm³/mol. The summed E-state index contributed by atoms with van der Waals surface area (Å²) in [4.78, 5) is 46.1. The number of aromatic nitrogens is 2. The van der Waals surface area contributed by atoms with Gasteiger partial charge < -0.3 is 28.8 Å². The minimum absolute atomic E-state index is 0.242. The summed E-state index contributed by atoms with van der Waals surface area (Å²) >= 11 is 0. The van der Waals surface area contributed by atoms with Crippen molar-refractivity contribution in [3.05, 3.63) is 66.7 Å². The Balaban J connectivity index is 1.65. The quantitative estimate of drug-likeness (QED) is 0.166. The maximum atomic E-state index is 12.1. The number of carbonyl (C=O) groups is 3. The summed E-state index contributed by atoms with van der Waals surface area (Å²) in [6.07, 6.45) is 0. The van der Waals surface area contributed by atoms with Crippen molar-refractivity contribution in [1.82, 2.24) is 9.97 Å². The zero-order chi connectivity index (χ0) is 28.2. The Morgan fingerprint density at radius 3 is 1.95 bits per heavy atom. The third kappa shape index (κ3) is 5.11. The van der Waals surface area contributed by atoms with Crippen LogP contribution in [0.3, 0.4) is 0 Å². The Labute approximate surface area is 229 Å². The van der Waals surface area contributed by atoms with Crippen LogP contribution < -0.4 is 9.64 Å². The number of anilines is 1. The average Bonchev–Trinajstić information content (AvgIpc) is 3.45. The highest BCUT2D eigenvalue weighted by atomic mass is 16.6. The fourth-order valence-corrected chi connectivity index (χ4v) is 4.66. The summed E-state index contributed by atoms with van der Waals surface area (Å²) < 4.78 is 20.2. The number of esters is 3. The largest absolute Gasteiger partial charge is 0.480 e. The minimum Gasteiger partial charge on any atom is -0.480 e. The molecule has 204 valence electrons. The molecule has 0 aliphatic rings. The van der Waals surface area contributed by atoms with Crippen LogP contribution in [0.2, 0.25) is 0 Å². The molecule has 0 bridgehead atoms. The Bertz CT molecular complexity index is 1650. The van der Waals surface area contributed by atoms with E-state index in [1.807, 2.05) is 30.3 Å². The molecule has 0 amide bonds. The van der Waals surface area contributed by atoms with Crippen LogP contribution in [0.5, 0.6) is 5.75 Å². The Morgan fingerprint density at radius 2 is 1.32 bits per heavy atom. The molecule has 1 N–H and O–H groups in total. The zero-order valence-electron chi connectivity index (χ0n) is 22.2. The highest BCUT2D eigenvalue weighted by molar-refractivity contribution is 6.23.